The van der Waals surface area contributed by atoms with Crippen LogP contribution in [-0.2, 0) is 14.8 Å². The van der Waals surface area contributed by atoms with Gasteiger partial charge in [-0.1, -0.05) is 0 Å². The van der Waals surface area contributed by atoms with Gasteiger partial charge in [0.25, 0.3) is 0 Å². The Bertz CT molecular complexity index is 626. The maximum Gasteiger partial charge on any atom is 0.243 e. The van der Waals surface area contributed by atoms with E-state index in [2.05, 4.69) is 5.32 Å². The summed E-state index contributed by atoms with van der Waals surface area (Å²) in [6.07, 6.45) is 0. The summed E-state index contributed by atoms with van der Waals surface area (Å²) in [5.41, 5.74) is 0.739. The fraction of sp³-hybridized carbons (Fsp3) is 0.533. The van der Waals surface area contributed by atoms with Crippen molar-refractivity contribution in [2.45, 2.75) is 38.6 Å². The number of carbonyl (C=O) groups excluding carboxylic acids is 1. The van der Waals surface area contributed by atoms with E-state index in [9.17, 15) is 13.2 Å². The summed E-state index contributed by atoms with van der Waals surface area (Å²) < 4.78 is 31.4. The van der Waals surface area contributed by atoms with E-state index in [1.54, 1.807) is 19.1 Å². The maximum absolute atomic E-state index is 12.5. The predicted octanol–water partition coefficient (Wildman–Crippen LogP) is 1.54. The van der Waals surface area contributed by atoms with E-state index in [0.717, 1.165) is 9.87 Å². The van der Waals surface area contributed by atoms with Gasteiger partial charge in [-0.3, -0.25) is 4.79 Å². The second-order valence-electron chi connectivity index (χ2n) is 5.34. The Morgan fingerprint density at radius 3 is 2.50 bits per heavy atom. The second kappa shape index (κ2) is 7.60. The minimum absolute atomic E-state index is 0.0312. The van der Waals surface area contributed by atoms with Crippen LogP contribution in [0.25, 0.3) is 0 Å². The van der Waals surface area contributed by atoms with E-state index in [1.807, 2.05) is 20.8 Å². The molecule has 1 aromatic carbocycles. The fourth-order valence-corrected chi connectivity index (χ4v) is 3.15. The number of benzene rings is 1. The molecular weight excluding hydrogens is 304 g/mol. The molecule has 124 valence electrons. The highest BCUT2D eigenvalue weighted by Gasteiger charge is 2.23. The molecule has 0 saturated heterocycles. The van der Waals surface area contributed by atoms with Crippen LogP contribution < -0.4 is 10.1 Å². The van der Waals surface area contributed by atoms with Gasteiger partial charge in [-0.2, -0.15) is 4.31 Å². The number of nitrogens with zero attached hydrogens (tertiary/aromatic N) is 1. The van der Waals surface area contributed by atoms with E-state index >= 15 is 0 Å². The van der Waals surface area contributed by atoms with Gasteiger partial charge in [0.15, 0.2) is 0 Å². The van der Waals surface area contributed by atoms with Gasteiger partial charge in [-0.25, -0.2) is 8.42 Å². The van der Waals surface area contributed by atoms with Crippen molar-refractivity contribution in [2.24, 2.45) is 0 Å². The topological polar surface area (TPSA) is 75.7 Å². The van der Waals surface area contributed by atoms with Crippen molar-refractivity contribution in [1.29, 1.82) is 0 Å². The minimum atomic E-state index is -3.71. The van der Waals surface area contributed by atoms with Gasteiger partial charge in [-0.05, 0) is 51.5 Å². The van der Waals surface area contributed by atoms with Crippen LogP contribution in [0.1, 0.15) is 26.3 Å². The second-order valence-corrected chi connectivity index (χ2v) is 7.39. The van der Waals surface area contributed by atoms with Gasteiger partial charge in [0, 0.05) is 13.1 Å². The van der Waals surface area contributed by atoms with Crippen molar-refractivity contribution < 1.29 is 17.9 Å². The predicted molar refractivity (Wildman–Crippen MR) is 85.4 cm³/mol. The molecule has 1 aromatic rings. The number of amides is 1. The first-order valence-corrected chi connectivity index (χ1v) is 8.61. The number of sulfonamides is 1. The number of nitrogens with one attached hydrogen (secondary N) is 1. The minimum Gasteiger partial charge on any atom is -0.494 e. The Kier molecular flexibility index (Phi) is 6.37. The molecule has 0 atom stereocenters. The van der Waals surface area contributed by atoms with Crippen LogP contribution in [0.5, 0.6) is 5.75 Å². The molecule has 0 fully saturated rings. The summed E-state index contributed by atoms with van der Waals surface area (Å²) in [7, 11) is -2.32. The van der Waals surface area contributed by atoms with Gasteiger partial charge in [-0.15, -0.1) is 0 Å². The van der Waals surface area contributed by atoms with E-state index in [-0.39, 0.29) is 23.4 Å². The lowest BCUT2D eigenvalue weighted by Gasteiger charge is -2.18. The zero-order chi connectivity index (χ0) is 16.9. The Hall–Kier alpha value is -1.60. The van der Waals surface area contributed by atoms with Gasteiger partial charge in [0.2, 0.25) is 15.9 Å². The molecule has 7 heteroatoms. The normalized spacial score (nSPS) is 11.8. The lowest BCUT2D eigenvalue weighted by atomic mass is 10.2. The number of carbonyl (C=O) groups is 1. The standard InChI is InChI=1S/C15H24N2O4S/c1-6-21-14-8-7-13(9-12(14)4)22(19,20)17(5)10-15(18)16-11(2)3/h7-9,11H,6,10H2,1-5H3,(H,16,18). The lowest BCUT2D eigenvalue weighted by molar-refractivity contribution is -0.121. The van der Waals surface area contributed by atoms with Crippen molar-refractivity contribution in [2.75, 3.05) is 20.2 Å². The molecule has 0 radical (unpaired) electrons. The number of likely N-dealkylation sites (N-methyl/N-ethyl adjacent to an activating group) is 1. The molecule has 1 amide bonds. The molecule has 0 unspecified atom stereocenters. The molecule has 0 spiro atoms. The summed E-state index contributed by atoms with van der Waals surface area (Å²) in [4.78, 5) is 11.9. The van der Waals surface area contributed by atoms with Crippen LogP contribution in [0.3, 0.4) is 0 Å². The lowest BCUT2D eigenvalue weighted by Crippen LogP contribution is -2.40. The highest BCUT2D eigenvalue weighted by molar-refractivity contribution is 7.89. The van der Waals surface area contributed by atoms with Gasteiger partial charge < -0.3 is 10.1 Å². The van der Waals surface area contributed by atoms with Crippen LogP contribution in [0.15, 0.2) is 23.1 Å². The highest BCUT2D eigenvalue weighted by atomic mass is 32.2. The number of aryl methyl sites for hydroxylation is 1. The summed E-state index contributed by atoms with van der Waals surface area (Å²) >= 11 is 0. The Morgan fingerprint density at radius 2 is 2.00 bits per heavy atom. The third kappa shape index (κ3) is 4.71. The first-order chi connectivity index (χ1) is 10.2. The molecule has 0 aromatic heterocycles. The number of rotatable bonds is 7. The number of ether oxygens (including phenoxy) is 1. The molecule has 0 saturated carbocycles. The van der Waals surface area contributed by atoms with Gasteiger partial charge in [0.1, 0.15) is 5.75 Å². The van der Waals surface area contributed by atoms with Crippen molar-refractivity contribution in [3.8, 4) is 5.75 Å². The monoisotopic (exact) mass is 328 g/mol. The Morgan fingerprint density at radius 1 is 1.36 bits per heavy atom. The molecule has 0 aliphatic heterocycles. The van der Waals surface area contributed by atoms with E-state index < -0.39 is 10.0 Å². The van der Waals surface area contributed by atoms with Crippen molar-refractivity contribution in [1.82, 2.24) is 9.62 Å². The highest BCUT2D eigenvalue weighted by Crippen LogP contribution is 2.23. The zero-order valence-corrected chi connectivity index (χ0v) is 14.5. The third-order valence-corrected chi connectivity index (χ3v) is 4.77. The SMILES string of the molecule is CCOc1ccc(S(=O)(=O)N(C)CC(=O)NC(C)C)cc1C. The van der Waals surface area contributed by atoms with Crippen molar-refractivity contribution >= 4 is 15.9 Å². The molecule has 6 nitrogen and oxygen atoms in total. The molecule has 0 aliphatic rings. The smallest absolute Gasteiger partial charge is 0.243 e. The summed E-state index contributed by atoms with van der Waals surface area (Å²) in [5.74, 6) is 0.324. The van der Waals surface area contributed by atoms with Crippen molar-refractivity contribution in [3.05, 3.63) is 23.8 Å². The summed E-state index contributed by atoms with van der Waals surface area (Å²) in [6.45, 7) is 7.60. The molecule has 0 bridgehead atoms. The fourth-order valence-electron chi connectivity index (χ4n) is 1.93. The number of hydrogen-bond donors (Lipinski definition) is 1. The number of hydrogen-bond acceptors (Lipinski definition) is 4. The molecule has 0 heterocycles. The van der Waals surface area contributed by atoms with Crippen LogP contribution in [0.2, 0.25) is 0 Å². The average molecular weight is 328 g/mol. The molecule has 22 heavy (non-hydrogen) atoms. The third-order valence-electron chi connectivity index (χ3n) is 2.97. The Balaban J connectivity index is 2.94. The van der Waals surface area contributed by atoms with Crippen molar-refractivity contribution in [3.63, 3.8) is 0 Å². The van der Waals surface area contributed by atoms with Gasteiger partial charge >= 0.3 is 0 Å². The van der Waals surface area contributed by atoms with E-state index in [1.165, 1.54) is 13.1 Å². The molecule has 1 N–H and O–H groups in total. The van der Waals surface area contributed by atoms with E-state index in [4.69, 9.17) is 4.74 Å². The van der Waals surface area contributed by atoms with Crippen LogP contribution >= 0.6 is 0 Å². The largest absolute Gasteiger partial charge is 0.494 e. The molecule has 1 rings (SSSR count). The average Bonchev–Trinajstić information content (AvgIpc) is 2.39. The molecule has 0 aliphatic carbocycles. The van der Waals surface area contributed by atoms with Crippen LogP contribution in [0.4, 0.5) is 0 Å². The quantitative estimate of drug-likeness (QED) is 0.824. The van der Waals surface area contributed by atoms with Gasteiger partial charge in [0.05, 0.1) is 18.0 Å². The maximum atomic E-state index is 12.5. The zero-order valence-electron chi connectivity index (χ0n) is 13.7. The van der Waals surface area contributed by atoms with Crippen LogP contribution in [0, 0.1) is 6.92 Å². The summed E-state index contributed by atoms with van der Waals surface area (Å²) in [5, 5.41) is 2.67. The molecular formula is C15H24N2O4S. The summed E-state index contributed by atoms with van der Waals surface area (Å²) in [6, 6.07) is 4.64. The van der Waals surface area contributed by atoms with Crippen LogP contribution in [-0.4, -0.2) is 44.9 Å². The first-order valence-electron chi connectivity index (χ1n) is 7.17. The Labute approximate surface area is 132 Å². The first kappa shape index (κ1) is 18.4. The van der Waals surface area contributed by atoms with E-state index in [0.29, 0.717) is 12.4 Å².